The van der Waals surface area contributed by atoms with Gasteiger partial charge in [-0.25, -0.2) is 0 Å². The Hall–Kier alpha value is -0.820. The summed E-state index contributed by atoms with van der Waals surface area (Å²) >= 11 is 0. The van der Waals surface area contributed by atoms with Gasteiger partial charge in [0, 0.05) is 26.7 Å². The van der Waals surface area contributed by atoms with Gasteiger partial charge >= 0.3 is 0 Å². The maximum Gasteiger partial charge on any atom is 0.191 e. The van der Waals surface area contributed by atoms with Crippen molar-refractivity contribution in [2.75, 3.05) is 20.2 Å². The number of hydrogen-bond donors (Lipinski definition) is 2. The van der Waals surface area contributed by atoms with E-state index in [-0.39, 0.29) is 24.0 Å². The van der Waals surface area contributed by atoms with E-state index in [0.717, 1.165) is 32.1 Å². The molecule has 1 aromatic carbocycles. The Morgan fingerprint density at radius 1 is 1.18 bits per heavy atom. The van der Waals surface area contributed by atoms with Crippen LogP contribution in [0.3, 0.4) is 0 Å². The van der Waals surface area contributed by atoms with E-state index in [1.807, 2.05) is 18.2 Å². The fourth-order valence-corrected chi connectivity index (χ4v) is 2.59. The minimum Gasteiger partial charge on any atom is -0.378 e. The number of benzene rings is 1. The molecular formula is C17H28IN3O. The van der Waals surface area contributed by atoms with Crippen molar-refractivity contribution >= 4 is 29.9 Å². The summed E-state index contributed by atoms with van der Waals surface area (Å²) in [6.45, 7) is 2.52. The average molecular weight is 417 g/mol. The van der Waals surface area contributed by atoms with Crippen LogP contribution in [-0.4, -0.2) is 32.3 Å². The van der Waals surface area contributed by atoms with Gasteiger partial charge in [0.05, 0.1) is 6.10 Å². The van der Waals surface area contributed by atoms with Gasteiger partial charge in [0.1, 0.15) is 0 Å². The number of halogens is 1. The van der Waals surface area contributed by atoms with Crippen molar-refractivity contribution < 1.29 is 4.74 Å². The van der Waals surface area contributed by atoms with E-state index in [9.17, 15) is 0 Å². The van der Waals surface area contributed by atoms with E-state index < -0.39 is 0 Å². The Labute approximate surface area is 151 Å². The smallest absolute Gasteiger partial charge is 0.191 e. The highest BCUT2D eigenvalue weighted by Gasteiger charge is 2.14. The zero-order chi connectivity index (χ0) is 14.8. The van der Waals surface area contributed by atoms with Gasteiger partial charge in [-0.15, -0.1) is 24.0 Å². The Morgan fingerprint density at radius 3 is 2.59 bits per heavy atom. The first kappa shape index (κ1) is 19.2. The summed E-state index contributed by atoms with van der Waals surface area (Å²) in [6, 6.07) is 10.3. The normalized spacial score (nSPS) is 15.4. The molecule has 0 aliphatic heterocycles. The molecule has 0 aromatic heterocycles. The first-order valence-electron chi connectivity index (χ1n) is 7.98. The first-order valence-corrected chi connectivity index (χ1v) is 7.98. The molecule has 2 N–H and O–H groups in total. The molecule has 1 aromatic rings. The molecule has 1 fully saturated rings. The van der Waals surface area contributed by atoms with Crippen LogP contribution in [0.25, 0.3) is 0 Å². The minimum atomic E-state index is 0. The molecule has 22 heavy (non-hydrogen) atoms. The van der Waals surface area contributed by atoms with E-state index in [4.69, 9.17) is 4.74 Å². The van der Waals surface area contributed by atoms with E-state index in [1.54, 1.807) is 7.05 Å². The average Bonchev–Trinajstić information content (AvgIpc) is 3.04. The van der Waals surface area contributed by atoms with Crippen LogP contribution in [0.1, 0.15) is 37.7 Å². The third kappa shape index (κ3) is 7.45. The fourth-order valence-electron chi connectivity index (χ4n) is 2.59. The van der Waals surface area contributed by atoms with E-state index in [2.05, 4.69) is 27.8 Å². The summed E-state index contributed by atoms with van der Waals surface area (Å²) in [7, 11) is 1.80. The van der Waals surface area contributed by atoms with Crippen LogP contribution in [0.15, 0.2) is 35.3 Å². The molecule has 5 heteroatoms. The lowest BCUT2D eigenvalue weighted by atomic mass is 10.2. The number of guanidine groups is 1. The molecule has 0 spiro atoms. The molecule has 0 saturated heterocycles. The SMILES string of the molecule is CN=C(NCCCOC1CCCC1)NCc1ccccc1.I. The number of ether oxygens (including phenoxy) is 1. The summed E-state index contributed by atoms with van der Waals surface area (Å²) in [5, 5.41) is 6.64. The molecule has 2 rings (SSSR count). The van der Waals surface area contributed by atoms with Gasteiger partial charge < -0.3 is 15.4 Å². The molecular weight excluding hydrogens is 389 g/mol. The van der Waals surface area contributed by atoms with Crippen LogP contribution in [0, 0.1) is 0 Å². The van der Waals surface area contributed by atoms with Gasteiger partial charge in [-0.05, 0) is 24.8 Å². The zero-order valence-corrected chi connectivity index (χ0v) is 15.7. The quantitative estimate of drug-likeness (QED) is 0.310. The lowest BCUT2D eigenvalue weighted by Gasteiger charge is -2.13. The van der Waals surface area contributed by atoms with Crippen molar-refractivity contribution in [2.24, 2.45) is 4.99 Å². The molecule has 0 radical (unpaired) electrons. The third-order valence-corrected chi connectivity index (χ3v) is 3.80. The Bertz CT molecular complexity index is 419. The highest BCUT2D eigenvalue weighted by Crippen LogP contribution is 2.20. The number of rotatable bonds is 7. The molecule has 1 aliphatic rings. The maximum atomic E-state index is 5.85. The van der Waals surface area contributed by atoms with Crippen LogP contribution < -0.4 is 10.6 Å². The van der Waals surface area contributed by atoms with Gasteiger partial charge in [-0.2, -0.15) is 0 Å². The predicted octanol–water partition coefficient (Wildman–Crippen LogP) is 3.32. The van der Waals surface area contributed by atoms with Crippen LogP contribution in [-0.2, 0) is 11.3 Å². The molecule has 0 amide bonds. The monoisotopic (exact) mass is 417 g/mol. The van der Waals surface area contributed by atoms with Gasteiger partial charge in [0.25, 0.3) is 0 Å². The Morgan fingerprint density at radius 2 is 1.91 bits per heavy atom. The van der Waals surface area contributed by atoms with Gasteiger partial charge in [-0.1, -0.05) is 43.2 Å². The third-order valence-electron chi connectivity index (χ3n) is 3.80. The van der Waals surface area contributed by atoms with Gasteiger partial charge in [0.2, 0.25) is 0 Å². The van der Waals surface area contributed by atoms with Crippen LogP contribution in [0.4, 0.5) is 0 Å². The second-order valence-electron chi connectivity index (χ2n) is 5.47. The van der Waals surface area contributed by atoms with Crippen molar-refractivity contribution in [3.63, 3.8) is 0 Å². The van der Waals surface area contributed by atoms with Crippen molar-refractivity contribution in [3.8, 4) is 0 Å². The highest BCUT2D eigenvalue weighted by molar-refractivity contribution is 14.0. The van der Waals surface area contributed by atoms with Crippen molar-refractivity contribution in [1.82, 2.24) is 10.6 Å². The molecule has 1 saturated carbocycles. The minimum absolute atomic E-state index is 0. The topological polar surface area (TPSA) is 45.7 Å². The van der Waals surface area contributed by atoms with Gasteiger partial charge in [-0.3, -0.25) is 4.99 Å². The fraction of sp³-hybridized carbons (Fsp3) is 0.588. The molecule has 0 atom stereocenters. The molecule has 0 bridgehead atoms. The number of aliphatic imine (C=N–C) groups is 1. The Kier molecular flexibility index (Phi) is 10.2. The van der Waals surface area contributed by atoms with Crippen LogP contribution in [0.2, 0.25) is 0 Å². The number of hydrogen-bond acceptors (Lipinski definition) is 2. The summed E-state index contributed by atoms with van der Waals surface area (Å²) in [6.07, 6.45) is 6.68. The highest BCUT2D eigenvalue weighted by atomic mass is 127. The number of nitrogens with one attached hydrogen (secondary N) is 2. The van der Waals surface area contributed by atoms with Crippen molar-refractivity contribution in [3.05, 3.63) is 35.9 Å². The lowest BCUT2D eigenvalue weighted by Crippen LogP contribution is -2.37. The van der Waals surface area contributed by atoms with Crippen LogP contribution in [0.5, 0.6) is 0 Å². The Balaban J connectivity index is 0.00000242. The summed E-state index contributed by atoms with van der Waals surface area (Å²) in [5.74, 6) is 0.847. The summed E-state index contributed by atoms with van der Waals surface area (Å²) in [4.78, 5) is 4.23. The molecule has 1 aliphatic carbocycles. The zero-order valence-electron chi connectivity index (χ0n) is 13.4. The van der Waals surface area contributed by atoms with E-state index in [0.29, 0.717) is 6.10 Å². The summed E-state index contributed by atoms with van der Waals surface area (Å²) in [5.41, 5.74) is 1.25. The lowest BCUT2D eigenvalue weighted by molar-refractivity contribution is 0.0574. The predicted molar refractivity (Wildman–Crippen MR) is 103 cm³/mol. The largest absolute Gasteiger partial charge is 0.378 e. The van der Waals surface area contributed by atoms with Crippen molar-refractivity contribution in [1.29, 1.82) is 0 Å². The van der Waals surface area contributed by atoms with E-state index in [1.165, 1.54) is 31.2 Å². The van der Waals surface area contributed by atoms with Crippen molar-refractivity contribution in [2.45, 2.75) is 44.8 Å². The molecule has 124 valence electrons. The first-order chi connectivity index (χ1) is 10.4. The second-order valence-corrected chi connectivity index (χ2v) is 5.47. The molecule has 4 nitrogen and oxygen atoms in total. The maximum absolute atomic E-state index is 5.85. The molecule has 0 unspecified atom stereocenters. The summed E-state index contributed by atoms with van der Waals surface area (Å²) < 4.78 is 5.85. The van der Waals surface area contributed by atoms with E-state index >= 15 is 0 Å². The number of nitrogens with zero attached hydrogens (tertiary/aromatic N) is 1. The molecule has 0 heterocycles. The second kappa shape index (κ2) is 11.7. The van der Waals surface area contributed by atoms with Crippen LogP contribution >= 0.6 is 24.0 Å². The van der Waals surface area contributed by atoms with Gasteiger partial charge in [0.15, 0.2) is 5.96 Å². The standard InChI is InChI=1S/C17H27N3O.HI/c1-18-17(20-14-15-8-3-2-4-9-15)19-12-7-13-21-16-10-5-6-11-16;/h2-4,8-9,16H,5-7,10-14H2,1H3,(H2,18,19,20);1H.